The molecule has 0 aliphatic carbocycles. The molecule has 0 fully saturated rings. The van der Waals surface area contributed by atoms with Crippen LogP contribution in [0.5, 0.6) is 0 Å². The first kappa shape index (κ1) is 16.4. The highest BCUT2D eigenvalue weighted by atomic mass is 35.5. The third-order valence-electron chi connectivity index (χ3n) is 3.85. The summed E-state index contributed by atoms with van der Waals surface area (Å²) < 4.78 is 2.20. The first-order valence-electron chi connectivity index (χ1n) is 6.84. The third kappa shape index (κ3) is 2.24. The van der Waals surface area contributed by atoms with E-state index in [2.05, 4.69) is 4.98 Å². The second-order valence-electron chi connectivity index (χ2n) is 5.31. The molecule has 3 aromatic rings. The van der Waals surface area contributed by atoms with Crippen molar-refractivity contribution in [2.45, 2.75) is 0 Å². The lowest BCUT2D eigenvalue weighted by molar-refractivity contribution is 0.708. The van der Waals surface area contributed by atoms with Gasteiger partial charge in [-0.15, -0.1) is 0 Å². The largest absolute Gasteiger partial charge is 0.395 e. The Balaban J connectivity index is 2.66. The number of rotatable bonds is 1. The molecule has 9 heteroatoms. The monoisotopic (exact) mass is 365 g/mol. The summed E-state index contributed by atoms with van der Waals surface area (Å²) in [6, 6.07) is 4.79. The van der Waals surface area contributed by atoms with Gasteiger partial charge in [-0.3, -0.25) is 13.9 Å². The molecule has 0 aliphatic rings. The molecule has 7 nitrogen and oxygen atoms in total. The average molecular weight is 366 g/mol. The Morgan fingerprint density at radius 1 is 1.08 bits per heavy atom. The van der Waals surface area contributed by atoms with Crippen LogP contribution in [0, 0.1) is 0 Å². The van der Waals surface area contributed by atoms with Crippen LogP contribution in [-0.2, 0) is 14.1 Å². The van der Waals surface area contributed by atoms with Crippen molar-refractivity contribution in [2.75, 3.05) is 11.5 Å². The van der Waals surface area contributed by atoms with Gasteiger partial charge in [0.15, 0.2) is 5.65 Å². The first-order chi connectivity index (χ1) is 11.2. The maximum absolute atomic E-state index is 12.7. The highest BCUT2D eigenvalue weighted by Crippen LogP contribution is 2.39. The SMILES string of the molecule is Cn1c(=O)c2c(-c3cc(Cl)ccc3Cl)c(N)c(N)nc2n(C)c1=O. The van der Waals surface area contributed by atoms with E-state index in [1.165, 1.54) is 18.7 Å². The van der Waals surface area contributed by atoms with Crippen LogP contribution in [0.15, 0.2) is 27.8 Å². The van der Waals surface area contributed by atoms with Crippen LogP contribution in [0.3, 0.4) is 0 Å². The predicted octanol–water partition coefficient (Wildman–Crippen LogP) is 1.77. The normalized spacial score (nSPS) is 11.2. The van der Waals surface area contributed by atoms with Crippen molar-refractivity contribution < 1.29 is 0 Å². The number of nitrogen functional groups attached to an aromatic ring is 2. The van der Waals surface area contributed by atoms with Gasteiger partial charge in [-0.05, 0) is 18.2 Å². The van der Waals surface area contributed by atoms with Crippen molar-refractivity contribution in [3.8, 4) is 11.1 Å². The van der Waals surface area contributed by atoms with E-state index in [-0.39, 0.29) is 22.5 Å². The van der Waals surface area contributed by atoms with Crippen molar-refractivity contribution in [1.82, 2.24) is 14.1 Å². The fourth-order valence-corrected chi connectivity index (χ4v) is 2.97. The Labute approximate surface area is 146 Å². The zero-order chi connectivity index (χ0) is 17.8. The summed E-state index contributed by atoms with van der Waals surface area (Å²) in [6.45, 7) is 0. The number of hydrogen-bond donors (Lipinski definition) is 2. The van der Waals surface area contributed by atoms with E-state index in [4.69, 9.17) is 34.7 Å². The molecular weight excluding hydrogens is 353 g/mol. The predicted molar refractivity (Wildman–Crippen MR) is 96.5 cm³/mol. The molecule has 124 valence electrons. The zero-order valence-electron chi connectivity index (χ0n) is 12.8. The van der Waals surface area contributed by atoms with E-state index in [0.717, 1.165) is 4.57 Å². The lowest BCUT2D eigenvalue weighted by Crippen LogP contribution is -2.37. The van der Waals surface area contributed by atoms with Crippen LogP contribution < -0.4 is 22.7 Å². The maximum Gasteiger partial charge on any atom is 0.332 e. The Kier molecular flexibility index (Phi) is 3.77. The van der Waals surface area contributed by atoms with E-state index in [1.54, 1.807) is 18.2 Å². The topological polar surface area (TPSA) is 109 Å². The molecule has 24 heavy (non-hydrogen) atoms. The highest BCUT2D eigenvalue weighted by molar-refractivity contribution is 6.36. The Hall–Kier alpha value is -2.51. The summed E-state index contributed by atoms with van der Waals surface area (Å²) in [5.41, 5.74) is 11.9. The molecule has 0 radical (unpaired) electrons. The molecule has 0 unspecified atom stereocenters. The van der Waals surface area contributed by atoms with Gasteiger partial charge in [0.25, 0.3) is 5.56 Å². The fraction of sp³-hybridized carbons (Fsp3) is 0.133. The van der Waals surface area contributed by atoms with Crippen LogP contribution in [0.4, 0.5) is 11.5 Å². The van der Waals surface area contributed by atoms with Crippen LogP contribution in [0.1, 0.15) is 0 Å². The minimum absolute atomic E-state index is 0.00297. The average Bonchev–Trinajstić information content (AvgIpc) is 2.55. The quantitative estimate of drug-likeness (QED) is 0.682. The molecule has 0 saturated heterocycles. The zero-order valence-corrected chi connectivity index (χ0v) is 14.3. The van der Waals surface area contributed by atoms with E-state index in [0.29, 0.717) is 21.2 Å². The van der Waals surface area contributed by atoms with E-state index in [9.17, 15) is 9.59 Å². The second kappa shape index (κ2) is 5.54. The highest BCUT2D eigenvalue weighted by Gasteiger charge is 2.21. The molecule has 0 spiro atoms. The van der Waals surface area contributed by atoms with Gasteiger partial charge in [-0.1, -0.05) is 23.2 Å². The maximum atomic E-state index is 12.7. The van der Waals surface area contributed by atoms with Gasteiger partial charge in [0.1, 0.15) is 5.82 Å². The number of pyridine rings is 1. The van der Waals surface area contributed by atoms with Gasteiger partial charge < -0.3 is 11.5 Å². The molecule has 2 heterocycles. The lowest BCUT2D eigenvalue weighted by Gasteiger charge is -2.15. The minimum atomic E-state index is -0.543. The fourth-order valence-electron chi connectivity index (χ4n) is 2.59. The van der Waals surface area contributed by atoms with Crippen LogP contribution in [-0.4, -0.2) is 14.1 Å². The first-order valence-corrected chi connectivity index (χ1v) is 7.59. The molecule has 0 saturated carbocycles. The van der Waals surface area contributed by atoms with Gasteiger partial charge in [0.05, 0.1) is 11.1 Å². The van der Waals surface area contributed by atoms with Crippen molar-refractivity contribution in [2.24, 2.45) is 14.1 Å². The molecule has 0 atom stereocenters. The summed E-state index contributed by atoms with van der Waals surface area (Å²) in [6.07, 6.45) is 0. The summed E-state index contributed by atoms with van der Waals surface area (Å²) in [5, 5.41) is 0.906. The second-order valence-corrected chi connectivity index (χ2v) is 6.16. The van der Waals surface area contributed by atoms with Crippen LogP contribution >= 0.6 is 23.2 Å². The number of benzene rings is 1. The summed E-state index contributed by atoms with van der Waals surface area (Å²) in [5.74, 6) is -0.00297. The van der Waals surface area contributed by atoms with Gasteiger partial charge in [0, 0.05) is 35.3 Å². The lowest BCUT2D eigenvalue weighted by atomic mass is 10.0. The number of nitrogens with zero attached hydrogens (tertiary/aromatic N) is 3. The van der Waals surface area contributed by atoms with Crippen molar-refractivity contribution in [1.29, 1.82) is 0 Å². The molecule has 4 N–H and O–H groups in total. The minimum Gasteiger partial charge on any atom is -0.395 e. The van der Waals surface area contributed by atoms with E-state index in [1.807, 2.05) is 0 Å². The standard InChI is InChI=1S/C15H13Cl2N5O2/c1-21-13-10(14(23)22(2)15(21)24)9(11(18)12(19)20-13)7-5-6(16)3-4-8(7)17/h3-5H,18H2,1-2H3,(H2,19,20). The van der Waals surface area contributed by atoms with E-state index < -0.39 is 11.2 Å². The van der Waals surface area contributed by atoms with Crippen molar-refractivity contribution in [3.63, 3.8) is 0 Å². The number of hydrogen-bond acceptors (Lipinski definition) is 5. The van der Waals surface area contributed by atoms with Gasteiger partial charge in [-0.2, -0.15) is 0 Å². The molecule has 0 amide bonds. The molecule has 1 aromatic carbocycles. The Morgan fingerprint density at radius 3 is 2.42 bits per heavy atom. The summed E-state index contributed by atoms with van der Waals surface area (Å²) in [4.78, 5) is 28.9. The van der Waals surface area contributed by atoms with Crippen LogP contribution in [0.25, 0.3) is 22.2 Å². The summed E-state index contributed by atoms with van der Waals surface area (Å²) in [7, 11) is 2.87. The van der Waals surface area contributed by atoms with Crippen molar-refractivity contribution >= 4 is 45.7 Å². The van der Waals surface area contributed by atoms with Gasteiger partial charge >= 0.3 is 5.69 Å². The number of fused-ring (bicyclic) bond motifs is 1. The number of anilines is 2. The molecule has 3 rings (SSSR count). The molecule has 2 aromatic heterocycles. The van der Waals surface area contributed by atoms with Gasteiger partial charge in [0.2, 0.25) is 0 Å². The molecule has 0 aliphatic heterocycles. The number of aromatic nitrogens is 3. The van der Waals surface area contributed by atoms with Crippen LogP contribution in [0.2, 0.25) is 10.0 Å². The molecular formula is C15H13Cl2N5O2. The third-order valence-corrected chi connectivity index (χ3v) is 4.42. The smallest absolute Gasteiger partial charge is 0.332 e. The van der Waals surface area contributed by atoms with Gasteiger partial charge in [-0.25, -0.2) is 9.78 Å². The Bertz CT molecular complexity index is 1120. The number of halogens is 2. The number of nitrogens with two attached hydrogens (primary N) is 2. The summed E-state index contributed by atoms with van der Waals surface area (Å²) >= 11 is 12.3. The molecule has 0 bridgehead atoms. The Morgan fingerprint density at radius 2 is 1.75 bits per heavy atom. The van der Waals surface area contributed by atoms with Crippen molar-refractivity contribution in [3.05, 3.63) is 49.1 Å². The van der Waals surface area contributed by atoms with E-state index >= 15 is 0 Å². The number of aryl methyl sites for hydroxylation is 1.